The number of hydrazine groups is 1. The van der Waals surface area contributed by atoms with Crippen LogP contribution in [-0.4, -0.2) is 33.7 Å². The first-order chi connectivity index (χ1) is 25.2. The lowest BCUT2D eigenvalue weighted by atomic mass is 9.48. The molecule has 4 amide bonds. The van der Waals surface area contributed by atoms with E-state index >= 15 is 4.79 Å². The Morgan fingerprint density at radius 2 is 1.48 bits per heavy atom. The number of phenols is 1. The number of halogens is 1. The number of anilines is 2. The molecule has 9 heteroatoms. The molecule has 5 aromatic carbocycles. The molecule has 0 spiro atoms. The summed E-state index contributed by atoms with van der Waals surface area (Å²) in [5.74, 6) is -5.02. The minimum Gasteiger partial charge on any atom is -0.508 e. The van der Waals surface area contributed by atoms with E-state index < -0.39 is 46.8 Å². The van der Waals surface area contributed by atoms with Gasteiger partial charge < -0.3 is 5.11 Å². The SMILES string of the molecule is Cc1ccc(NN2C(=O)[C@@H]3C[C@@H]4C(=CC[C@@H]5C(=O)N(c6ccc(I)cc6)C(=O)[C@@H]54)[C@H](c4c(O)ccc5ccccc45)[C@]3(c3ccccc3)C2=O)cc1. The van der Waals surface area contributed by atoms with Crippen LogP contribution >= 0.6 is 22.6 Å². The molecule has 0 aromatic heterocycles. The van der Waals surface area contributed by atoms with Gasteiger partial charge in [0.25, 0.3) is 11.8 Å². The Bertz CT molecular complexity index is 2340. The smallest absolute Gasteiger partial charge is 0.260 e. The first-order valence-electron chi connectivity index (χ1n) is 17.5. The van der Waals surface area contributed by atoms with Crippen LogP contribution in [0.4, 0.5) is 11.4 Å². The molecular formula is C43H34IN3O5. The van der Waals surface area contributed by atoms with Crippen molar-refractivity contribution in [3.8, 4) is 5.75 Å². The molecule has 8 nitrogen and oxygen atoms in total. The zero-order valence-electron chi connectivity index (χ0n) is 28.2. The summed E-state index contributed by atoms with van der Waals surface area (Å²) in [6, 6.07) is 35.4. The van der Waals surface area contributed by atoms with E-state index in [2.05, 4.69) is 28.0 Å². The minimum absolute atomic E-state index is 0.000891. The van der Waals surface area contributed by atoms with Crippen molar-refractivity contribution < 1.29 is 24.3 Å². The number of carbonyl (C=O) groups excluding carboxylic acids is 4. The maximum Gasteiger partial charge on any atom is 0.260 e. The molecule has 0 bridgehead atoms. The lowest BCUT2D eigenvalue weighted by Gasteiger charge is -2.51. The summed E-state index contributed by atoms with van der Waals surface area (Å²) in [6.45, 7) is 1.97. The fourth-order valence-electron chi connectivity index (χ4n) is 9.49. The molecule has 258 valence electrons. The summed E-state index contributed by atoms with van der Waals surface area (Å²) < 4.78 is 0.984. The van der Waals surface area contributed by atoms with Gasteiger partial charge in [0.05, 0.1) is 34.5 Å². The number of phenolic OH excluding ortho intramolecular Hbond substituents is 1. The molecule has 1 saturated carbocycles. The number of hydrogen-bond acceptors (Lipinski definition) is 6. The third-order valence-corrected chi connectivity index (χ3v) is 12.4. The number of imide groups is 2. The van der Waals surface area contributed by atoms with Gasteiger partial charge in [-0.15, -0.1) is 0 Å². The van der Waals surface area contributed by atoms with E-state index in [1.807, 2.05) is 110 Å². The maximum absolute atomic E-state index is 15.5. The molecule has 9 rings (SSSR count). The molecule has 3 fully saturated rings. The van der Waals surface area contributed by atoms with Crippen LogP contribution in [0.3, 0.4) is 0 Å². The van der Waals surface area contributed by atoms with E-state index in [9.17, 15) is 19.5 Å². The maximum atomic E-state index is 15.5. The van der Waals surface area contributed by atoms with E-state index in [4.69, 9.17) is 0 Å². The molecule has 2 N–H and O–H groups in total. The molecule has 6 atom stereocenters. The highest BCUT2D eigenvalue weighted by Gasteiger charge is 2.70. The highest BCUT2D eigenvalue weighted by Crippen LogP contribution is 2.65. The number of nitrogens with one attached hydrogen (secondary N) is 1. The second-order valence-electron chi connectivity index (χ2n) is 14.3. The Labute approximate surface area is 314 Å². The van der Waals surface area contributed by atoms with Crippen molar-refractivity contribution in [1.82, 2.24) is 5.01 Å². The van der Waals surface area contributed by atoms with Gasteiger partial charge in [-0.25, -0.2) is 0 Å². The van der Waals surface area contributed by atoms with E-state index in [1.54, 1.807) is 18.2 Å². The molecule has 2 heterocycles. The third kappa shape index (κ3) is 4.64. The van der Waals surface area contributed by atoms with Crippen molar-refractivity contribution in [1.29, 1.82) is 0 Å². The third-order valence-electron chi connectivity index (χ3n) is 11.7. The fourth-order valence-corrected chi connectivity index (χ4v) is 9.85. The number of aryl methyl sites for hydroxylation is 1. The standard InChI is InChI=1S/C43H34IN3O5/c1-24-11-16-28(17-12-24)45-47-40(50)34-23-33-31(20-21-32-36(33)41(51)46(39(32)49)29-18-14-27(44)15-19-29)38(43(34,42(47)52)26-8-3-2-4-9-26)37-30-10-6-5-7-25(30)13-22-35(37)48/h2-20,22,32-34,36,38,45,48H,21,23H2,1H3/t32-,33+,34-,36-,38+,43+/m0/s1. The summed E-state index contributed by atoms with van der Waals surface area (Å²) in [7, 11) is 0. The minimum atomic E-state index is -1.48. The molecule has 52 heavy (non-hydrogen) atoms. The number of rotatable bonds is 5. The van der Waals surface area contributed by atoms with Crippen molar-refractivity contribution in [2.45, 2.75) is 31.1 Å². The van der Waals surface area contributed by atoms with E-state index in [-0.39, 0.29) is 24.0 Å². The number of carbonyl (C=O) groups is 4. The Hall–Kier alpha value is -5.29. The largest absolute Gasteiger partial charge is 0.508 e. The Morgan fingerprint density at radius 3 is 2.23 bits per heavy atom. The first kappa shape index (κ1) is 32.6. The normalized spacial score (nSPS) is 26.7. The highest BCUT2D eigenvalue weighted by molar-refractivity contribution is 14.1. The average molecular weight is 800 g/mol. The van der Waals surface area contributed by atoms with Crippen molar-refractivity contribution in [2.75, 3.05) is 10.3 Å². The number of fused-ring (bicyclic) bond motifs is 5. The predicted molar refractivity (Wildman–Crippen MR) is 206 cm³/mol. The monoisotopic (exact) mass is 799 g/mol. The summed E-state index contributed by atoms with van der Waals surface area (Å²) in [6.07, 6.45) is 2.50. The zero-order valence-corrected chi connectivity index (χ0v) is 30.4. The van der Waals surface area contributed by atoms with Gasteiger partial charge in [0.15, 0.2) is 0 Å². The van der Waals surface area contributed by atoms with Crippen LogP contribution in [0, 0.1) is 34.2 Å². The quantitative estimate of drug-likeness (QED) is 0.108. The van der Waals surface area contributed by atoms with Crippen molar-refractivity contribution in [3.63, 3.8) is 0 Å². The second kappa shape index (κ2) is 12.2. The lowest BCUT2D eigenvalue weighted by Crippen LogP contribution is -2.53. The molecule has 0 unspecified atom stereocenters. The Kier molecular flexibility index (Phi) is 7.62. The number of nitrogens with zero attached hydrogens (tertiary/aromatic N) is 2. The summed E-state index contributed by atoms with van der Waals surface area (Å²) in [4.78, 5) is 60.4. The van der Waals surface area contributed by atoms with E-state index in [0.29, 0.717) is 28.9 Å². The van der Waals surface area contributed by atoms with Gasteiger partial charge in [0, 0.05) is 15.1 Å². The molecule has 0 radical (unpaired) electrons. The van der Waals surface area contributed by atoms with E-state index in [0.717, 1.165) is 30.5 Å². The predicted octanol–water partition coefficient (Wildman–Crippen LogP) is 7.65. The summed E-state index contributed by atoms with van der Waals surface area (Å²) in [5.41, 5.74) is 5.79. The molecule has 4 aliphatic rings. The van der Waals surface area contributed by atoms with Crippen LogP contribution in [-0.2, 0) is 24.6 Å². The van der Waals surface area contributed by atoms with Crippen LogP contribution in [0.25, 0.3) is 10.8 Å². The van der Waals surface area contributed by atoms with Gasteiger partial charge in [0.1, 0.15) is 5.75 Å². The summed E-state index contributed by atoms with van der Waals surface area (Å²) in [5, 5.41) is 14.7. The number of hydrogen-bond donors (Lipinski definition) is 2. The number of benzene rings is 5. The molecular weight excluding hydrogens is 765 g/mol. The van der Waals surface area contributed by atoms with Gasteiger partial charge in [-0.2, -0.15) is 5.01 Å². The molecule has 5 aromatic rings. The van der Waals surface area contributed by atoms with Gasteiger partial charge in [-0.05, 0) is 107 Å². The van der Waals surface area contributed by atoms with Crippen LogP contribution < -0.4 is 10.3 Å². The molecule has 2 saturated heterocycles. The summed E-state index contributed by atoms with van der Waals surface area (Å²) >= 11 is 2.19. The van der Waals surface area contributed by atoms with Crippen molar-refractivity contribution >= 4 is 68.4 Å². The van der Waals surface area contributed by atoms with Crippen molar-refractivity contribution in [3.05, 3.63) is 147 Å². The van der Waals surface area contributed by atoms with E-state index in [1.165, 1.54) is 4.90 Å². The molecule has 2 aliphatic heterocycles. The fraction of sp³-hybridized carbons (Fsp3) is 0.209. The topological polar surface area (TPSA) is 107 Å². The van der Waals surface area contributed by atoms with Gasteiger partial charge in [-0.1, -0.05) is 90.0 Å². The van der Waals surface area contributed by atoms with Crippen LogP contribution in [0.2, 0.25) is 0 Å². The Balaban J connectivity index is 1.28. The number of allylic oxidation sites excluding steroid dienone is 2. The zero-order chi connectivity index (χ0) is 35.9. The molecule has 2 aliphatic carbocycles. The lowest BCUT2D eigenvalue weighted by molar-refractivity contribution is -0.138. The van der Waals surface area contributed by atoms with Crippen LogP contribution in [0.5, 0.6) is 5.75 Å². The van der Waals surface area contributed by atoms with Crippen LogP contribution in [0.1, 0.15) is 35.4 Å². The Morgan fingerprint density at radius 1 is 0.769 bits per heavy atom. The number of amides is 4. The highest BCUT2D eigenvalue weighted by atomic mass is 127. The van der Waals surface area contributed by atoms with Gasteiger partial charge in [0.2, 0.25) is 11.8 Å². The van der Waals surface area contributed by atoms with Gasteiger partial charge >= 0.3 is 0 Å². The number of aromatic hydroxyl groups is 1. The average Bonchev–Trinajstić information content (AvgIpc) is 3.54. The first-order valence-corrected chi connectivity index (χ1v) is 18.6. The second-order valence-corrected chi connectivity index (χ2v) is 15.5. The van der Waals surface area contributed by atoms with Gasteiger partial charge in [-0.3, -0.25) is 29.5 Å². The van der Waals surface area contributed by atoms with Crippen LogP contribution in [0.15, 0.2) is 127 Å². The van der Waals surface area contributed by atoms with Crippen molar-refractivity contribution in [2.24, 2.45) is 23.7 Å².